The summed E-state index contributed by atoms with van der Waals surface area (Å²) in [4.78, 5) is 19.1. The largest absolute Gasteiger partial charge is 0.387 e. The summed E-state index contributed by atoms with van der Waals surface area (Å²) >= 11 is 0. The summed E-state index contributed by atoms with van der Waals surface area (Å²) in [6.07, 6.45) is 3.48. The topological polar surface area (TPSA) is 48.5 Å². The van der Waals surface area contributed by atoms with Gasteiger partial charge in [-0.2, -0.15) is 0 Å². The minimum atomic E-state index is 0.0670. The van der Waals surface area contributed by atoms with E-state index in [0.29, 0.717) is 6.54 Å². The molecule has 1 aromatic heterocycles. The van der Waals surface area contributed by atoms with Crippen LogP contribution < -0.4 is 10.2 Å². The highest BCUT2D eigenvalue weighted by atomic mass is 16.2. The molecule has 0 saturated carbocycles. The van der Waals surface area contributed by atoms with Crippen molar-refractivity contribution in [1.82, 2.24) is 9.88 Å². The van der Waals surface area contributed by atoms with Gasteiger partial charge in [0.2, 0.25) is 5.91 Å². The van der Waals surface area contributed by atoms with Crippen LogP contribution in [0.5, 0.6) is 0 Å². The van der Waals surface area contributed by atoms with Gasteiger partial charge >= 0.3 is 0 Å². The van der Waals surface area contributed by atoms with Crippen LogP contribution in [0.4, 0.5) is 11.4 Å². The molecule has 0 aliphatic heterocycles. The average molecular weight is 222 g/mol. The Kier molecular flexibility index (Phi) is 4.10. The quantitative estimate of drug-likeness (QED) is 0.812. The molecule has 88 valence electrons. The lowest BCUT2D eigenvalue weighted by molar-refractivity contribution is -0.127. The molecule has 0 saturated heterocycles. The van der Waals surface area contributed by atoms with E-state index in [0.717, 1.165) is 11.4 Å². The number of pyridine rings is 1. The van der Waals surface area contributed by atoms with Gasteiger partial charge in [-0.05, 0) is 6.07 Å². The minimum Gasteiger partial charge on any atom is -0.387 e. The van der Waals surface area contributed by atoms with E-state index in [4.69, 9.17) is 0 Å². The normalized spacial score (nSPS) is 9.75. The van der Waals surface area contributed by atoms with E-state index in [9.17, 15) is 4.79 Å². The van der Waals surface area contributed by atoms with Crippen LogP contribution in [0, 0.1) is 0 Å². The van der Waals surface area contributed by atoms with Crippen LogP contribution in [-0.2, 0) is 4.79 Å². The van der Waals surface area contributed by atoms with E-state index < -0.39 is 0 Å². The molecule has 0 fully saturated rings. The van der Waals surface area contributed by atoms with Gasteiger partial charge in [0, 0.05) is 28.2 Å². The van der Waals surface area contributed by atoms with Crippen LogP contribution in [0.1, 0.15) is 0 Å². The first-order valence-electron chi connectivity index (χ1n) is 5.08. The molecular weight excluding hydrogens is 204 g/mol. The molecule has 1 rings (SSSR count). The molecule has 1 N–H and O–H groups in total. The van der Waals surface area contributed by atoms with Crippen LogP contribution in [0.2, 0.25) is 0 Å². The Labute approximate surface area is 96.1 Å². The third kappa shape index (κ3) is 3.12. The minimum absolute atomic E-state index is 0.0670. The lowest BCUT2D eigenvalue weighted by Gasteiger charge is -2.21. The highest BCUT2D eigenvalue weighted by Gasteiger charge is 2.09. The number of anilines is 2. The number of hydrogen-bond donors (Lipinski definition) is 1. The number of carbonyl (C=O) groups is 1. The monoisotopic (exact) mass is 222 g/mol. The predicted molar refractivity (Wildman–Crippen MR) is 65.7 cm³/mol. The lowest BCUT2D eigenvalue weighted by Crippen LogP contribution is -2.34. The predicted octanol–water partition coefficient (Wildman–Crippen LogP) is 0.648. The summed E-state index contributed by atoms with van der Waals surface area (Å²) in [6.45, 7) is 0.349. The fourth-order valence-electron chi connectivity index (χ4n) is 1.21. The highest BCUT2D eigenvalue weighted by molar-refractivity contribution is 5.81. The lowest BCUT2D eigenvalue weighted by atomic mass is 10.3. The van der Waals surface area contributed by atoms with Crippen LogP contribution in [0.25, 0.3) is 0 Å². The molecule has 1 amide bonds. The van der Waals surface area contributed by atoms with Crippen LogP contribution in [0.15, 0.2) is 18.5 Å². The van der Waals surface area contributed by atoms with Gasteiger partial charge in [-0.15, -0.1) is 0 Å². The fraction of sp³-hybridized carbons (Fsp3) is 0.455. The number of rotatable bonds is 4. The molecule has 5 heteroatoms. The summed E-state index contributed by atoms with van der Waals surface area (Å²) in [7, 11) is 7.21. The summed E-state index contributed by atoms with van der Waals surface area (Å²) in [5.74, 6) is 0.0670. The van der Waals surface area contributed by atoms with Crippen molar-refractivity contribution in [2.24, 2.45) is 0 Å². The molecule has 1 heterocycles. The molecule has 0 radical (unpaired) electrons. The van der Waals surface area contributed by atoms with Crippen LogP contribution in [-0.4, -0.2) is 50.5 Å². The Morgan fingerprint density at radius 1 is 1.38 bits per heavy atom. The Balaban J connectivity index is 2.72. The first-order valence-corrected chi connectivity index (χ1v) is 5.08. The van der Waals surface area contributed by atoms with Crippen molar-refractivity contribution < 1.29 is 4.79 Å². The smallest absolute Gasteiger partial charge is 0.241 e. The van der Waals surface area contributed by atoms with Gasteiger partial charge in [-0.1, -0.05) is 0 Å². The molecule has 16 heavy (non-hydrogen) atoms. The molecule has 5 nitrogen and oxygen atoms in total. The Bertz CT molecular complexity index is 365. The van der Waals surface area contributed by atoms with Crippen molar-refractivity contribution in [3.05, 3.63) is 18.5 Å². The van der Waals surface area contributed by atoms with Gasteiger partial charge in [-0.3, -0.25) is 9.78 Å². The van der Waals surface area contributed by atoms with Gasteiger partial charge in [0.25, 0.3) is 0 Å². The maximum absolute atomic E-state index is 11.5. The first-order chi connectivity index (χ1) is 7.54. The molecule has 0 aromatic carbocycles. The Morgan fingerprint density at radius 2 is 2.06 bits per heavy atom. The Hall–Kier alpha value is -1.78. The summed E-state index contributed by atoms with van der Waals surface area (Å²) in [6, 6.07) is 1.95. The molecule has 0 spiro atoms. The van der Waals surface area contributed by atoms with E-state index >= 15 is 0 Å². The Morgan fingerprint density at radius 3 is 2.62 bits per heavy atom. The number of hydrogen-bond acceptors (Lipinski definition) is 4. The maximum atomic E-state index is 11.5. The van der Waals surface area contributed by atoms with Crippen molar-refractivity contribution in [3.8, 4) is 0 Å². The van der Waals surface area contributed by atoms with E-state index in [1.807, 2.05) is 25.1 Å². The number of likely N-dealkylation sites (N-methyl/N-ethyl adjacent to an activating group) is 2. The molecule has 0 aliphatic carbocycles. The van der Waals surface area contributed by atoms with Gasteiger partial charge in [0.1, 0.15) is 0 Å². The molecule has 0 bridgehead atoms. The zero-order valence-corrected chi connectivity index (χ0v) is 10.2. The molecular formula is C11H18N4O. The van der Waals surface area contributed by atoms with Crippen molar-refractivity contribution >= 4 is 17.3 Å². The average Bonchev–Trinajstić information content (AvgIpc) is 2.28. The van der Waals surface area contributed by atoms with Gasteiger partial charge in [0.05, 0.1) is 30.3 Å². The van der Waals surface area contributed by atoms with Gasteiger partial charge in [-0.25, -0.2) is 0 Å². The van der Waals surface area contributed by atoms with E-state index in [2.05, 4.69) is 10.3 Å². The molecule has 0 atom stereocenters. The summed E-state index contributed by atoms with van der Waals surface area (Å²) in [5, 5.41) is 3.01. The van der Waals surface area contributed by atoms with Gasteiger partial charge in [0.15, 0.2) is 0 Å². The van der Waals surface area contributed by atoms with E-state index in [1.165, 1.54) is 0 Å². The van der Waals surface area contributed by atoms with Gasteiger partial charge < -0.3 is 15.1 Å². The zero-order chi connectivity index (χ0) is 12.1. The van der Waals surface area contributed by atoms with Crippen LogP contribution >= 0.6 is 0 Å². The second-order valence-corrected chi connectivity index (χ2v) is 3.83. The number of carbonyl (C=O) groups excluding carboxylic acids is 1. The fourth-order valence-corrected chi connectivity index (χ4v) is 1.21. The molecule has 0 unspecified atom stereocenters. The molecule has 1 aromatic rings. The number of aromatic nitrogens is 1. The highest BCUT2D eigenvalue weighted by Crippen LogP contribution is 2.15. The maximum Gasteiger partial charge on any atom is 0.241 e. The second-order valence-electron chi connectivity index (χ2n) is 3.83. The SMILES string of the molecule is CNc1cncc(N(C)CC(=O)N(C)C)c1. The number of amides is 1. The molecule has 0 aliphatic rings. The van der Waals surface area contributed by atoms with Crippen molar-refractivity contribution in [2.75, 3.05) is 45.0 Å². The third-order valence-corrected chi connectivity index (χ3v) is 2.32. The standard InChI is InChI=1S/C11H18N4O/c1-12-9-5-10(7-13-6-9)15(4)8-11(16)14(2)3/h5-7,12H,8H2,1-4H3. The van der Waals surface area contributed by atoms with Crippen molar-refractivity contribution in [2.45, 2.75) is 0 Å². The second kappa shape index (κ2) is 5.34. The van der Waals surface area contributed by atoms with E-state index in [-0.39, 0.29) is 5.91 Å². The van der Waals surface area contributed by atoms with Crippen molar-refractivity contribution in [3.63, 3.8) is 0 Å². The van der Waals surface area contributed by atoms with Crippen molar-refractivity contribution in [1.29, 1.82) is 0 Å². The first kappa shape index (κ1) is 12.3. The number of nitrogens with one attached hydrogen (secondary N) is 1. The summed E-state index contributed by atoms with van der Waals surface area (Å²) < 4.78 is 0. The van der Waals surface area contributed by atoms with Crippen LogP contribution in [0.3, 0.4) is 0 Å². The third-order valence-electron chi connectivity index (χ3n) is 2.32. The van der Waals surface area contributed by atoms with E-state index in [1.54, 1.807) is 31.4 Å². The summed E-state index contributed by atoms with van der Waals surface area (Å²) in [5.41, 5.74) is 1.85. The zero-order valence-electron chi connectivity index (χ0n) is 10.2. The number of nitrogens with zero attached hydrogens (tertiary/aromatic N) is 3.